The van der Waals surface area contributed by atoms with Crippen molar-refractivity contribution in [3.63, 3.8) is 0 Å². The number of alkyl halides is 1. The van der Waals surface area contributed by atoms with Gasteiger partial charge in [-0.2, -0.15) is 0 Å². The van der Waals surface area contributed by atoms with E-state index in [0.29, 0.717) is 16.7 Å². The van der Waals surface area contributed by atoms with Crippen LogP contribution < -0.4 is 5.32 Å². The van der Waals surface area contributed by atoms with Crippen LogP contribution in [0.4, 0.5) is 5.69 Å². The number of nitrogens with one attached hydrogen (secondary N) is 1. The molecular formula is C14H22ClNO2S. The molecule has 1 atom stereocenters. The second-order valence-corrected chi connectivity index (χ2v) is 7.22. The van der Waals surface area contributed by atoms with Crippen LogP contribution in [0.3, 0.4) is 0 Å². The van der Waals surface area contributed by atoms with E-state index in [9.17, 15) is 8.42 Å². The molecule has 0 aliphatic carbocycles. The molecule has 1 rings (SSSR count). The van der Waals surface area contributed by atoms with Gasteiger partial charge in [0.15, 0.2) is 9.84 Å². The van der Waals surface area contributed by atoms with Crippen LogP contribution in [-0.2, 0) is 9.84 Å². The maximum Gasteiger partial charge on any atom is 0.178 e. The number of anilines is 1. The molecule has 1 aromatic carbocycles. The highest BCUT2D eigenvalue weighted by Gasteiger charge is 2.11. The van der Waals surface area contributed by atoms with Crippen molar-refractivity contribution in [2.75, 3.05) is 23.5 Å². The van der Waals surface area contributed by atoms with Crippen LogP contribution in [0.25, 0.3) is 0 Å². The van der Waals surface area contributed by atoms with Gasteiger partial charge in [-0.3, -0.25) is 0 Å². The fraction of sp³-hybridized carbons (Fsp3) is 0.571. The Morgan fingerprint density at radius 3 is 2.32 bits per heavy atom. The van der Waals surface area contributed by atoms with Crippen molar-refractivity contribution >= 4 is 27.1 Å². The van der Waals surface area contributed by atoms with Crippen LogP contribution in [-0.4, -0.2) is 26.6 Å². The van der Waals surface area contributed by atoms with Gasteiger partial charge >= 0.3 is 0 Å². The van der Waals surface area contributed by atoms with Gasteiger partial charge in [0.2, 0.25) is 0 Å². The fourth-order valence-corrected chi connectivity index (χ4v) is 3.01. The van der Waals surface area contributed by atoms with Crippen molar-refractivity contribution < 1.29 is 8.42 Å². The first kappa shape index (κ1) is 16.3. The van der Waals surface area contributed by atoms with Gasteiger partial charge in [0.1, 0.15) is 0 Å². The Hall–Kier alpha value is -0.740. The Labute approximate surface area is 121 Å². The summed E-state index contributed by atoms with van der Waals surface area (Å²) in [6, 6.07) is 6.94. The summed E-state index contributed by atoms with van der Waals surface area (Å²) >= 11 is 5.75. The van der Waals surface area contributed by atoms with Crippen molar-refractivity contribution in [2.24, 2.45) is 5.92 Å². The van der Waals surface area contributed by atoms with Gasteiger partial charge in [0.05, 0.1) is 10.6 Å². The quantitative estimate of drug-likeness (QED) is 0.747. The summed E-state index contributed by atoms with van der Waals surface area (Å²) in [7, 11) is -3.10. The SMILES string of the molecule is CCC(CCCl)CNc1ccc(S(=O)(=O)CC)cc1. The molecule has 108 valence electrons. The van der Waals surface area contributed by atoms with Crippen LogP contribution >= 0.6 is 11.6 Å². The molecule has 0 fully saturated rings. The van der Waals surface area contributed by atoms with E-state index >= 15 is 0 Å². The first-order valence-electron chi connectivity index (χ1n) is 6.66. The summed E-state index contributed by atoms with van der Waals surface area (Å²) < 4.78 is 23.3. The molecule has 1 N–H and O–H groups in total. The topological polar surface area (TPSA) is 46.2 Å². The van der Waals surface area contributed by atoms with Gasteiger partial charge < -0.3 is 5.32 Å². The molecule has 0 spiro atoms. The van der Waals surface area contributed by atoms with Crippen molar-refractivity contribution in [3.05, 3.63) is 24.3 Å². The van der Waals surface area contributed by atoms with Crippen LogP contribution in [0, 0.1) is 5.92 Å². The minimum absolute atomic E-state index is 0.132. The first-order valence-corrected chi connectivity index (χ1v) is 8.84. The lowest BCUT2D eigenvalue weighted by Crippen LogP contribution is -2.14. The average Bonchev–Trinajstić information content (AvgIpc) is 2.44. The summed E-state index contributed by atoms with van der Waals surface area (Å²) in [5.41, 5.74) is 0.947. The third-order valence-corrected chi connectivity index (χ3v) is 5.25. The minimum atomic E-state index is -3.10. The largest absolute Gasteiger partial charge is 0.385 e. The number of rotatable bonds is 8. The van der Waals surface area contributed by atoms with Gasteiger partial charge in [-0.25, -0.2) is 8.42 Å². The van der Waals surface area contributed by atoms with E-state index in [1.807, 2.05) is 12.1 Å². The summed E-state index contributed by atoms with van der Waals surface area (Å²) in [5, 5.41) is 3.32. The lowest BCUT2D eigenvalue weighted by molar-refractivity contribution is 0.522. The molecule has 0 amide bonds. The van der Waals surface area contributed by atoms with Gasteiger partial charge in [-0.15, -0.1) is 11.6 Å². The summed E-state index contributed by atoms with van der Waals surface area (Å²) in [5.74, 6) is 1.36. The highest BCUT2D eigenvalue weighted by atomic mass is 35.5. The number of halogens is 1. The highest BCUT2D eigenvalue weighted by Crippen LogP contribution is 2.17. The lowest BCUT2D eigenvalue weighted by Gasteiger charge is -2.15. The van der Waals surface area contributed by atoms with Gasteiger partial charge in [-0.1, -0.05) is 20.3 Å². The first-order chi connectivity index (χ1) is 9.03. The molecule has 0 saturated carbocycles. The Morgan fingerprint density at radius 2 is 1.84 bits per heavy atom. The predicted molar refractivity (Wildman–Crippen MR) is 81.8 cm³/mol. The smallest absolute Gasteiger partial charge is 0.178 e. The number of hydrogen-bond acceptors (Lipinski definition) is 3. The molecule has 0 aliphatic rings. The molecule has 1 aromatic rings. The molecular weight excluding hydrogens is 282 g/mol. The number of sulfone groups is 1. The van der Waals surface area contributed by atoms with E-state index in [1.165, 1.54) is 0 Å². The highest BCUT2D eigenvalue weighted by molar-refractivity contribution is 7.91. The summed E-state index contributed by atoms with van der Waals surface area (Å²) in [4.78, 5) is 0.383. The Kier molecular flexibility index (Phi) is 6.66. The molecule has 0 radical (unpaired) electrons. The molecule has 1 unspecified atom stereocenters. The Bertz CT molecular complexity index is 471. The van der Waals surface area contributed by atoms with Crippen molar-refractivity contribution in [1.29, 1.82) is 0 Å². The summed E-state index contributed by atoms with van der Waals surface area (Å²) in [6.45, 7) is 4.67. The van der Waals surface area contributed by atoms with Crippen molar-refractivity contribution in [2.45, 2.75) is 31.6 Å². The van der Waals surface area contributed by atoms with Crippen LogP contribution in [0.1, 0.15) is 26.7 Å². The number of benzene rings is 1. The minimum Gasteiger partial charge on any atom is -0.385 e. The van der Waals surface area contributed by atoms with Crippen LogP contribution in [0.2, 0.25) is 0 Å². The molecule has 0 saturated heterocycles. The van der Waals surface area contributed by atoms with Crippen molar-refractivity contribution in [3.8, 4) is 0 Å². The van der Waals surface area contributed by atoms with Crippen molar-refractivity contribution in [1.82, 2.24) is 0 Å². The Balaban J connectivity index is 2.62. The maximum absolute atomic E-state index is 11.7. The standard InChI is InChI=1S/C14H22ClNO2S/c1-3-12(9-10-15)11-16-13-5-7-14(8-6-13)19(17,18)4-2/h5-8,12,16H,3-4,9-11H2,1-2H3. The van der Waals surface area contributed by atoms with Crippen LogP contribution in [0.5, 0.6) is 0 Å². The lowest BCUT2D eigenvalue weighted by atomic mass is 10.0. The molecule has 19 heavy (non-hydrogen) atoms. The monoisotopic (exact) mass is 303 g/mol. The molecule has 0 heterocycles. The molecule has 0 aliphatic heterocycles. The molecule has 3 nitrogen and oxygen atoms in total. The third-order valence-electron chi connectivity index (χ3n) is 3.28. The van der Waals surface area contributed by atoms with Gasteiger partial charge in [0.25, 0.3) is 0 Å². The maximum atomic E-state index is 11.7. The van der Waals surface area contributed by atoms with Gasteiger partial charge in [-0.05, 0) is 36.6 Å². The summed E-state index contributed by atoms with van der Waals surface area (Å²) in [6.07, 6.45) is 2.08. The second kappa shape index (κ2) is 7.75. The second-order valence-electron chi connectivity index (χ2n) is 4.56. The van der Waals surface area contributed by atoms with E-state index in [1.54, 1.807) is 19.1 Å². The normalized spacial score (nSPS) is 13.2. The number of hydrogen-bond donors (Lipinski definition) is 1. The van der Waals surface area contributed by atoms with E-state index < -0.39 is 9.84 Å². The zero-order valence-electron chi connectivity index (χ0n) is 11.5. The molecule has 5 heteroatoms. The predicted octanol–water partition coefficient (Wildman–Crippen LogP) is 3.55. The van der Waals surface area contributed by atoms with E-state index in [2.05, 4.69) is 12.2 Å². The average molecular weight is 304 g/mol. The molecule has 0 bridgehead atoms. The van der Waals surface area contributed by atoms with E-state index in [-0.39, 0.29) is 5.75 Å². The fourth-order valence-electron chi connectivity index (χ4n) is 1.81. The van der Waals surface area contributed by atoms with E-state index in [0.717, 1.165) is 25.1 Å². The van der Waals surface area contributed by atoms with Crippen LogP contribution in [0.15, 0.2) is 29.2 Å². The van der Waals surface area contributed by atoms with E-state index in [4.69, 9.17) is 11.6 Å². The zero-order chi connectivity index (χ0) is 14.3. The zero-order valence-corrected chi connectivity index (χ0v) is 13.1. The van der Waals surface area contributed by atoms with Gasteiger partial charge in [0, 0.05) is 18.1 Å². The third kappa shape index (κ3) is 5.03. The molecule has 0 aromatic heterocycles. The Morgan fingerprint density at radius 1 is 1.21 bits per heavy atom.